The van der Waals surface area contributed by atoms with Crippen LogP contribution in [0.5, 0.6) is 11.5 Å². The molecule has 0 radical (unpaired) electrons. The molecule has 0 fully saturated rings. The first kappa shape index (κ1) is 14.9. The van der Waals surface area contributed by atoms with E-state index in [4.69, 9.17) is 22.1 Å². The van der Waals surface area contributed by atoms with E-state index in [-0.39, 0.29) is 6.04 Å². The largest absolute Gasteiger partial charge is 0.455 e. The van der Waals surface area contributed by atoms with E-state index < -0.39 is 0 Å². The Kier molecular flexibility index (Phi) is 4.90. The number of ether oxygens (including phenoxy) is 1. The van der Waals surface area contributed by atoms with E-state index in [1.54, 1.807) is 6.07 Å². The highest BCUT2D eigenvalue weighted by atomic mass is 79.9. The number of nitrogens with two attached hydrogens (primary N) is 1. The number of hydrogen-bond acceptors (Lipinski definition) is 2. The molecule has 2 aromatic rings. The summed E-state index contributed by atoms with van der Waals surface area (Å²) in [5.41, 5.74) is 6.88. The maximum atomic E-state index is 6.10. The minimum Gasteiger partial charge on any atom is -0.455 e. The van der Waals surface area contributed by atoms with Gasteiger partial charge in [-0.2, -0.15) is 0 Å². The Morgan fingerprint density at radius 3 is 2.47 bits per heavy atom. The first-order chi connectivity index (χ1) is 8.97. The Morgan fingerprint density at radius 2 is 1.84 bits per heavy atom. The Labute approximate surface area is 134 Å². The fraction of sp³-hybridized carbons (Fsp3) is 0.143. The molecule has 100 valence electrons. The van der Waals surface area contributed by atoms with Crippen molar-refractivity contribution >= 4 is 43.5 Å². The lowest BCUT2D eigenvalue weighted by molar-refractivity contribution is 0.479. The smallest absolute Gasteiger partial charge is 0.147 e. The summed E-state index contributed by atoms with van der Waals surface area (Å²) >= 11 is 13.0. The molecule has 2 nitrogen and oxygen atoms in total. The molecule has 2 aromatic carbocycles. The molecular formula is C14H12Br2ClNO. The normalized spacial score (nSPS) is 12.3. The lowest BCUT2D eigenvalue weighted by Crippen LogP contribution is -2.04. The lowest BCUT2D eigenvalue weighted by atomic mass is 10.1. The summed E-state index contributed by atoms with van der Waals surface area (Å²) in [6.45, 7) is 1.94. The van der Waals surface area contributed by atoms with Crippen LogP contribution in [0.4, 0.5) is 0 Å². The van der Waals surface area contributed by atoms with Gasteiger partial charge in [-0.15, -0.1) is 0 Å². The van der Waals surface area contributed by atoms with Gasteiger partial charge in [-0.05, 0) is 58.7 Å². The zero-order valence-corrected chi connectivity index (χ0v) is 14.1. The number of rotatable bonds is 3. The number of hydrogen-bond donors (Lipinski definition) is 1. The Morgan fingerprint density at radius 1 is 1.11 bits per heavy atom. The fourth-order valence-electron chi connectivity index (χ4n) is 1.56. The molecule has 0 heterocycles. The molecule has 0 unspecified atom stereocenters. The van der Waals surface area contributed by atoms with Gasteiger partial charge < -0.3 is 10.5 Å². The molecule has 0 aliphatic carbocycles. The third-order valence-corrected chi connectivity index (χ3v) is 4.02. The predicted octanol–water partition coefficient (Wildman–Crippen LogP) is 5.68. The molecule has 2 rings (SSSR count). The molecule has 1 atom stereocenters. The van der Waals surface area contributed by atoms with Crippen molar-refractivity contribution in [3.8, 4) is 11.5 Å². The van der Waals surface area contributed by atoms with Crippen LogP contribution in [-0.4, -0.2) is 0 Å². The quantitative estimate of drug-likeness (QED) is 0.713. The van der Waals surface area contributed by atoms with Crippen LogP contribution in [-0.2, 0) is 0 Å². The summed E-state index contributed by atoms with van der Waals surface area (Å²) < 4.78 is 7.56. The van der Waals surface area contributed by atoms with Crippen LogP contribution in [0.2, 0.25) is 5.02 Å². The van der Waals surface area contributed by atoms with E-state index in [0.29, 0.717) is 16.5 Å². The Hall–Kier alpha value is -0.550. The number of halogens is 3. The first-order valence-electron chi connectivity index (χ1n) is 5.65. The Balaban J connectivity index is 2.31. The SMILES string of the molecule is C[C@@H](N)c1ccc(Oc2cc(Br)ccc2Cl)c(Br)c1. The number of benzene rings is 2. The lowest BCUT2D eigenvalue weighted by Gasteiger charge is -2.12. The zero-order valence-electron chi connectivity index (χ0n) is 10.2. The van der Waals surface area contributed by atoms with E-state index >= 15 is 0 Å². The van der Waals surface area contributed by atoms with Crippen molar-refractivity contribution in [2.45, 2.75) is 13.0 Å². The minimum absolute atomic E-state index is 0.0141. The van der Waals surface area contributed by atoms with Crippen LogP contribution >= 0.6 is 43.5 Å². The van der Waals surface area contributed by atoms with E-state index in [0.717, 1.165) is 14.5 Å². The van der Waals surface area contributed by atoms with Gasteiger partial charge >= 0.3 is 0 Å². The molecule has 0 amide bonds. The second-order valence-electron chi connectivity index (χ2n) is 4.16. The van der Waals surface area contributed by atoms with Crippen LogP contribution in [0.15, 0.2) is 45.3 Å². The van der Waals surface area contributed by atoms with E-state index in [1.807, 2.05) is 37.3 Å². The molecule has 0 aliphatic heterocycles. The van der Waals surface area contributed by atoms with Gasteiger partial charge in [0, 0.05) is 10.5 Å². The van der Waals surface area contributed by atoms with Gasteiger partial charge in [0.15, 0.2) is 0 Å². The van der Waals surface area contributed by atoms with Crippen molar-refractivity contribution in [1.82, 2.24) is 0 Å². The van der Waals surface area contributed by atoms with E-state index in [1.165, 1.54) is 0 Å². The highest BCUT2D eigenvalue weighted by Crippen LogP contribution is 2.36. The molecule has 0 bridgehead atoms. The highest BCUT2D eigenvalue weighted by Gasteiger charge is 2.09. The van der Waals surface area contributed by atoms with Gasteiger partial charge in [0.2, 0.25) is 0 Å². The molecule has 0 saturated heterocycles. The van der Waals surface area contributed by atoms with Crippen molar-refractivity contribution in [2.24, 2.45) is 5.73 Å². The summed E-state index contributed by atoms with van der Waals surface area (Å²) in [5, 5.41) is 0.561. The first-order valence-corrected chi connectivity index (χ1v) is 7.61. The van der Waals surface area contributed by atoms with Crippen molar-refractivity contribution < 1.29 is 4.74 Å². The molecular weight excluding hydrogens is 393 g/mol. The van der Waals surface area contributed by atoms with Crippen molar-refractivity contribution in [1.29, 1.82) is 0 Å². The zero-order chi connectivity index (χ0) is 14.0. The topological polar surface area (TPSA) is 35.2 Å². The highest BCUT2D eigenvalue weighted by molar-refractivity contribution is 9.10. The van der Waals surface area contributed by atoms with Gasteiger partial charge in [-0.25, -0.2) is 0 Å². The molecule has 5 heteroatoms. The maximum Gasteiger partial charge on any atom is 0.147 e. The maximum absolute atomic E-state index is 6.10. The van der Waals surface area contributed by atoms with Crippen molar-refractivity contribution in [3.63, 3.8) is 0 Å². The van der Waals surface area contributed by atoms with Crippen molar-refractivity contribution in [3.05, 3.63) is 55.9 Å². The van der Waals surface area contributed by atoms with Crippen LogP contribution in [0.3, 0.4) is 0 Å². The van der Waals surface area contributed by atoms with E-state index in [2.05, 4.69) is 31.9 Å². The van der Waals surface area contributed by atoms with Crippen LogP contribution < -0.4 is 10.5 Å². The summed E-state index contributed by atoms with van der Waals surface area (Å²) in [5.74, 6) is 1.30. The van der Waals surface area contributed by atoms with Gasteiger partial charge in [0.1, 0.15) is 11.5 Å². The summed E-state index contributed by atoms with van der Waals surface area (Å²) in [6.07, 6.45) is 0. The third kappa shape index (κ3) is 3.72. The summed E-state index contributed by atoms with van der Waals surface area (Å²) in [7, 11) is 0. The van der Waals surface area contributed by atoms with Crippen LogP contribution in [0.25, 0.3) is 0 Å². The second kappa shape index (κ2) is 6.27. The molecule has 2 N–H and O–H groups in total. The van der Waals surface area contributed by atoms with Crippen LogP contribution in [0, 0.1) is 0 Å². The van der Waals surface area contributed by atoms with Gasteiger partial charge in [0.25, 0.3) is 0 Å². The summed E-state index contributed by atoms with van der Waals surface area (Å²) in [6, 6.07) is 11.2. The fourth-order valence-corrected chi connectivity index (χ4v) is 2.53. The van der Waals surface area contributed by atoms with Gasteiger partial charge in [0.05, 0.1) is 9.50 Å². The van der Waals surface area contributed by atoms with E-state index in [9.17, 15) is 0 Å². The van der Waals surface area contributed by atoms with Gasteiger partial charge in [-0.1, -0.05) is 33.6 Å². The monoisotopic (exact) mass is 403 g/mol. The molecule has 19 heavy (non-hydrogen) atoms. The Bertz CT molecular complexity index is 602. The van der Waals surface area contributed by atoms with Crippen LogP contribution in [0.1, 0.15) is 18.5 Å². The molecule has 0 spiro atoms. The second-order valence-corrected chi connectivity index (χ2v) is 6.33. The van der Waals surface area contributed by atoms with Gasteiger partial charge in [-0.3, -0.25) is 0 Å². The summed E-state index contributed by atoms with van der Waals surface area (Å²) in [4.78, 5) is 0. The molecule has 0 aliphatic rings. The molecule has 0 saturated carbocycles. The molecule has 0 aromatic heterocycles. The average molecular weight is 406 g/mol. The third-order valence-electron chi connectivity index (χ3n) is 2.59. The average Bonchev–Trinajstić information content (AvgIpc) is 2.36. The predicted molar refractivity (Wildman–Crippen MR) is 86.0 cm³/mol. The standard InChI is InChI=1S/C14H12Br2ClNO/c1-8(18)9-2-5-13(11(16)6-9)19-14-7-10(15)3-4-12(14)17/h2-8H,18H2,1H3/t8-/m1/s1. The minimum atomic E-state index is -0.0141. The van der Waals surface area contributed by atoms with Crippen molar-refractivity contribution in [2.75, 3.05) is 0 Å².